The van der Waals surface area contributed by atoms with E-state index in [0.29, 0.717) is 6.42 Å². The molecule has 2 aliphatic rings. The van der Waals surface area contributed by atoms with E-state index in [4.69, 9.17) is 5.11 Å². The summed E-state index contributed by atoms with van der Waals surface area (Å²) in [6, 6.07) is 11.6. The lowest BCUT2D eigenvalue weighted by atomic mass is 10.1. The molecular formula is C21H24N2O5S2. The third-order valence-electron chi connectivity index (χ3n) is 5.68. The lowest BCUT2D eigenvalue weighted by molar-refractivity contribution is -0.139. The topological polar surface area (TPSA) is 95.0 Å². The molecule has 4 rings (SSSR count). The second-order valence-electron chi connectivity index (χ2n) is 7.90. The Balaban J connectivity index is 1.63. The van der Waals surface area contributed by atoms with E-state index in [1.807, 2.05) is 24.3 Å². The number of nitrogens with zero attached hydrogens (tertiary/aromatic N) is 2. The number of fused-ring (bicyclic) bond motifs is 1. The van der Waals surface area contributed by atoms with E-state index >= 15 is 0 Å². The summed E-state index contributed by atoms with van der Waals surface area (Å²) >= 11 is 4.46. The van der Waals surface area contributed by atoms with E-state index in [1.54, 1.807) is 23.1 Å². The Kier molecular flexibility index (Phi) is 5.78. The largest absolute Gasteiger partial charge is 0.481 e. The zero-order chi connectivity index (χ0) is 21.5. The highest BCUT2D eigenvalue weighted by molar-refractivity contribution is 7.89. The third kappa shape index (κ3) is 4.19. The zero-order valence-electron chi connectivity index (χ0n) is 16.3. The number of thiol groups is 1. The molecule has 0 bridgehead atoms. The van der Waals surface area contributed by atoms with Gasteiger partial charge in [-0.15, -0.1) is 0 Å². The molecule has 2 atom stereocenters. The van der Waals surface area contributed by atoms with Crippen molar-refractivity contribution in [2.75, 3.05) is 13.1 Å². The number of sulfonamides is 1. The summed E-state index contributed by atoms with van der Waals surface area (Å²) in [6.07, 6.45) is 1.79. The number of carboxylic acids is 1. The third-order valence-corrected chi connectivity index (χ3v) is 7.93. The molecule has 1 heterocycles. The summed E-state index contributed by atoms with van der Waals surface area (Å²) in [5.74, 6) is -1.30. The summed E-state index contributed by atoms with van der Waals surface area (Å²) in [4.78, 5) is 26.0. The Morgan fingerprint density at radius 1 is 1.13 bits per heavy atom. The first-order valence-electron chi connectivity index (χ1n) is 9.98. The monoisotopic (exact) mass is 448 g/mol. The summed E-state index contributed by atoms with van der Waals surface area (Å²) < 4.78 is 28.1. The lowest BCUT2D eigenvalue weighted by Crippen LogP contribution is -2.49. The normalized spacial score (nSPS) is 22.3. The molecular weight excluding hydrogens is 424 g/mol. The van der Waals surface area contributed by atoms with Gasteiger partial charge in [0.05, 0.1) is 11.3 Å². The Hall–Kier alpha value is -2.10. The number of aliphatic carboxylic acids is 1. The number of rotatable bonds is 7. The highest BCUT2D eigenvalue weighted by Crippen LogP contribution is 2.34. The molecule has 9 heteroatoms. The molecule has 1 saturated heterocycles. The molecule has 7 nitrogen and oxygen atoms in total. The van der Waals surface area contributed by atoms with Crippen LogP contribution in [0.5, 0.6) is 0 Å². The van der Waals surface area contributed by atoms with Gasteiger partial charge in [-0.2, -0.15) is 16.9 Å². The van der Waals surface area contributed by atoms with Gasteiger partial charge in [0.1, 0.15) is 6.04 Å². The number of amides is 1. The van der Waals surface area contributed by atoms with E-state index < -0.39 is 22.0 Å². The van der Waals surface area contributed by atoms with Crippen molar-refractivity contribution in [2.45, 2.75) is 47.9 Å². The Morgan fingerprint density at radius 3 is 2.50 bits per heavy atom. The predicted molar refractivity (Wildman–Crippen MR) is 116 cm³/mol. The molecule has 2 aromatic carbocycles. The second-order valence-corrected chi connectivity index (χ2v) is 10.5. The van der Waals surface area contributed by atoms with Crippen molar-refractivity contribution in [1.82, 2.24) is 9.21 Å². The molecule has 30 heavy (non-hydrogen) atoms. The molecule has 2 aromatic rings. The standard InChI is InChI=1S/C21H24N2O5S2/c24-20(25)9-10-22(16-6-7-16)21(26)19-12-17(29)13-23(19)30(27,28)18-8-5-14-3-1-2-4-15(14)11-18/h1-5,8,11,16-17,19,29H,6-7,9-10,12-13H2,(H,24,25). The number of hydrogen-bond acceptors (Lipinski definition) is 5. The fourth-order valence-electron chi connectivity index (χ4n) is 4.00. The maximum absolute atomic E-state index is 13.4. The van der Waals surface area contributed by atoms with Gasteiger partial charge in [0.2, 0.25) is 15.9 Å². The fourth-order valence-corrected chi connectivity index (χ4v) is 6.16. The first-order chi connectivity index (χ1) is 14.3. The van der Waals surface area contributed by atoms with Crippen LogP contribution in [0.3, 0.4) is 0 Å². The van der Waals surface area contributed by atoms with Gasteiger partial charge in [-0.1, -0.05) is 30.3 Å². The maximum Gasteiger partial charge on any atom is 0.305 e. The molecule has 1 aliphatic carbocycles. The van der Waals surface area contributed by atoms with Crippen LogP contribution in [-0.4, -0.2) is 65.0 Å². The number of carbonyl (C=O) groups is 2. The van der Waals surface area contributed by atoms with Crippen LogP contribution in [-0.2, 0) is 19.6 Å². The SMILES string of the molecule is O=C(O)CCN(C(=O)C1CC(S)CN1S(=O)(=O)c1ccc2ccccc2c1)C1CC1. The minimum Gasteiger partial charge on any atom is -0.481 e. The van der Waals surface area contributed by atoms with Crippen LogP contribution in [0.1, 0.15) is 25.7 Å². The van der Waals surface area contributed by atoms with Gasteiger partial charge in [0.25, 0.3) is 0 Å². The van der Waals surface area contributed by atoms with Crippen LogP contribution in [0.25, 0.3) is 10.8 Å². The van der Waals surface area contributed by atoms with Gasteiger partial charge >= 0.3 is 5.97 Å². The van der Waals surface area contributed by atoms with Crippen molar-refractivity contribution in [3.05, 3.63) is 42.5 Å². The van der Waals surface area contributed by atoms with E-state index in [1.165, 1.54) is 4.31 Å². The minimum atomic E-state index is -3.91. The van der Waals surface area contributed by atoms with Crippen molar-refractivity contribution < 1.29 is 23.1 Å². The fraction of sp³-hybridized carbons (Fsp3) is 0.429. The molecule has 2 unspecified atom stereocenters. The van der Waals surface area contributed by atoms with Crippen molar-refractivity contribution >= 4 is 45.3 Å². The smallest absolute Gasteiger partial charge is 0.305 e. The quantitative estimate of drug-likeness (QED) is 0.634. The van der Waals surface area contributed by atoms with E-state index in [-0.39, 0.29) is 41.6 Å². The van der Waals surface area contributed by atoms with Gasteiger partial charge in [0.15, 0.2) is 0 Å². The molecule has 2 fully saturated rings. The minimum absolute atomic E-state index is 0.000963. The summed E-state index contributed by atoms with van der Waals surface area (Å²) in [6.45, 7) is 0.239. The molecule has 1 N–H and O–H groups in total. The first-order valence-corrected chi connectivity index (χ1v) is 11.9. The average molecular weight is 449 g/mol. The highest BCUT2D eigenvalue weighted by atomic mass is 32.2. The van der Waals surface area contributed by atoms with Crippen LogP contribution < -0.4 is 0 Å². The van der Waals surface area contributed by atoms with E-state index in [0.717, 1.165) is 23.6 Å². The number of carbonyl (C=O) groups excluding carboxylic acids is 1. The molecule has 160 valence electrons. The number of hydrogen-bond donors (Lipinski definition) is 2. The molecule has 0 aromatic heterocycles. The van der Waals surface area contributed by atoms with Crippen LogP contribution in [0.4, 0.5) is 0 Å². The lowest BCUT2D eigenvalue weighted by Gasteiger charge is -2.29. The van der Waals surface area contributed by atoms with Crippen LogP contribution >= 0.6 is 12.6 Å². The van der Waals surface area contributed by atoms with Crippen LogP contribution in [0.15, 0.2) is 47.4 Å². The van der Waals surface area contributed by atoms with Gasteiger partial charge in [-0.05, 0) is 42.2 Å². The maximum atomic E-state index is 13.4. The number of carboxylic acid groups (broad SMARTS) is 1. The van der Waals surface area contributed by atoms with E-state index in [9.17, 15) is 18.0 Å². The van der Waals surface area contributed by atoms with E-state index in [2.05, 4.69) is 12.6 Å². The highest BCUT2D eigenvalue weighted by Gasteiger charge is 2.46. The van der Waals surface area contributed by atoms with Gasteiger partial charge < -0.3 is 10.0 Å². The Bertz CT molecular complexity index is 1080. The van der Waals surface area contributed by atoms with Crippen molar-refractivity contribution in [1.29, 1.82) is 0 Å². The molecule has 0 radical (unpaired) electrons. The zero-order valence-corrected chi connectivity index (χ0v) is 18.1. The summed E-state index contributed by atoms with van der Waals surface area (Å²) in [7, 11) is -3.91. The Morgan fingerprint density at radius 2 is 1.83 bits per heavy atom. The van der Waals surface area contributed by atoms with Gasteiger partial charge in [0, 0.05) is 24.4 Å². The molecule has 1 aliphatic heterocycles. The van der Waals surface area contributed by atoms with Gasteiger partial charge in [-0.3, -0.25) is 9.59 Å². The van der Waals surface area contributed by atoms with Crippen molar-refractivity contribution in [3.8, 4) is 0 Å². The van der Waals surface area contributed by atoms with Crippen molar-refractivity contribution in [2.24, 2.45) is 0 Å². The van der Waals surface area contributed by atoms with Crippen LogP contribution in [0.2, 0.25) is 0 Å². The van der Waals surface area contributed by atoms with Crippen molar-refractivity contribution in [3.63, 3.8) is 0 Å². The summed E-state index contributed by atoms with van der Waals surface area (Å²) in [5.41, 5.74) is 0. The predicted octanol–water partition coefficient (Wildman–Crippen LogP) is 2.37. The molecule has 1 amide bonds. The second kappa shape index (κ2) is 8.20. The molecule has 0 spiro atoms. The van der Waals surface area contributed by atoms with Crippen LogP contribution in [0, 0.1) is 0 Å². The number of benzene rings is 2. The average Bonchev–Trinajstić information content (AvgIpc) is 3.47. The first kappa shape index (κ1) is 21.1. The summed E-state index contributed by atoms with van der Waals surface area (Å²) in [5, 5.41) is 10.5. The molecule has 1 saturated carbocycles. The van der Waals surface area contributed by atoms with Gasteiger partial charge in [-0.25, -0.2) is 8.42 Å². The Labute approximate surface area is 181 Å².